The Balaban J connectivity index is 2.01. The van der Waals surface area contributed by atoms with Gasteiger partial charge in [0.25, 0.3) is 0 Å². The zero-order valence-corrected chi connectivity index (χ0v) is 13.8. The Bertz CT molecular complexity index is 647. The van der Waals surface area contributed by atoms with E-state index in [2.05, 4.69) is 6.92 Å². The molecule has 0 atom stereocenters. The van der Waals surface area contributed by atoms with Gasteiger partial charge in [-0.25, -0.2) is 0 Å². The lowest BCUT2D eigenvalue weighted by Gasteiger charge is -2.10. The van der Waals surface area contributed by atoms with Gasteiger partial charge in [0, 0.05) is 6.07 Å². The number of hydrogen-bond donors (Lipinski definition) is 0. The summed E-state index contributed by atoms with van der Waals surface area (Å²) in [6.45, 7) is 2.11. The minimum atomic E-state index is -0.137. The van der Waals surface area contributed by atoms with Crippen LogP contribution < -0.4 is 14.2 Å². The van der Waals surface area contributed by atoms with Gasteiger partial charge in [-0.05, 0) is 36.2 Å². The largest absolute Gasteiger partial charge is 0.497 e. The van der Waals surface area contributed by atoms with Crippen molar-refractivity contribution in [2.45, 2.75) is 19.8 Å². The summed E-state index contributed by atoms with van der Waals surface area (Å²) in [5.41, 5.74) is 1.75. The van der Waals surface area contributed by atoms with E-state index in [9.17, 15) is 4.79 Å². The Labute approximate surface area is 137 Å². The predicted octanol–water partition coefficient (Wildman–Crippen LogP) is 3.92. The molecule has 0 unspecified atom stereocenters. The number of methoxy groups -OCH3 is 2. The SMILES string of the molecule is CCCc1ccc(OCC(=O)c2ccc(OC)cc2OC)cc1. The first-order chi connectivity index (χ1) is 11.2. The summed E-state index contributed by atoms with van der Waals surface area (Å²) < 4.78 is 16.0. The third-order valence-corrected chi connectivity index (χ3v) is 3.54. The van der Waals surface area contributed by atoms with Crippen molar-refractivity contribution in [3.63, 3.8) is 0 Å². The molecule has 0 bridgehead atoms. The summed E-state index contributed by atoms with van der Waals surface area (Å²) in [5, 5.41) is 0. The lowest BCUT2D eigenvalue weighted by atomic mass is 10.1. The zero-order chi connectivity index (χ0) is 16.7. The molecule has 0 heterocycles. The van der Waals surface area contributed by atoms with Gasteiger partial charge in [0.2, 0.25) is 5.78 Å². The maximum Gasteiger partial charge on any atom is 0.203 e. The van der Waals surface area contributed by atoms with E-state index in [1.54, 1.807) is 25.3 Å². The number of aryl methyl sites for hydroxylation is 1. The van der Waals surface area contributed by atoms with Crippen LogP contribution in [-0.2, 0) is 6.42 Å². The van der Waals surface area contributed by atoms with Gasteiger partial charge < -0.3 is 14.2 Å². The minimum absolute atomic E-state index is 0.0319. The van der Waals surface area contributed by atoms with Crippen LogP contribution in [-0.4, -0.2) is 26.6 Å². The van der Waals surface area contributed by atoms with Gasteiger partial charge in [-0.2, -0.15) is 0 Å². The molecule has 0 N–H and O–H groups in total. The van der Waals surface area contributed by atoms with Gasteiger partial charge in [0.15, 0.2) is 6.61 Å². The molecule has 0 aliphatic carbocycles. The number of hydrogen-bond acceptors (Lipinski definition) is 4. The molecular weight excluding hydrogens is 292 g/mol. The average Bonchev–Trinajstić information content (AvgIpc) is 2.60. The first-order valence-corrected chi connectivity index (χ1v) is 7.65. The van der Waals surface area contributed by atoms with Crippen LogP contribution in [0.3, 0.4) is 0 Å². The van der Waals surface area contributed by atoms with Gasteiger partial charge in [0.05, 0.1) is 19.8 Å². The fraction of sp³-hybridized carbons (Fsp3) is 0.316. The Morgan fingerprint density at radius 2 is 1.65 bits per heavy atom. The second-order valence-corrected chi connectivity index (χ2v) is 5.17. The summed E-state index contributed by atoms with van der Waals surface area (Å²) in [5.74, 6) is 1.68. The van der Waals surface area contributed by atoms with Crippen molar-refractivity contribution in [3.05, 3.63) is 53.6 Å². The monoisotopic (exact) mass is 314 g/mol. The first-order valence-electron chi connectivity index (χ1n) is 7.65. The molecule has 0 aliphatic rings. The molecule has 2 rings (SSSR count). The zero-order valence-electron chi connectivity index (χ0n) is 13.8. The van der Waals surface area contributed by atoms with Crippen molar-refractivity contribution in [2.75, 3.05) is 20.8 Å². The van der Waals surface area contributed by atoms with Crippen LogP contribution in [0.15, 0.2) is 42.5 Å². The molecule has 0 fully saturated rings. The van der Waals surface area contributed by atoms with Crippen molar-refractivity contribution in [2.24, 2.45) is 0 Å². The van der Waals surface area contributed by atoms with E-state index in [4.69, 9.17) is 14.2 Å². The number of ether oxygens (including phenoxy) is 3. The predicted molar refractivity (Wildman–Crippen MR) is 89.8 cm³/mol. The van der Waals surface area contributed by atoms with E-state index in [1.807, 2.05) is 24.3 Å². The lowest BCUT2D eigenvalue weighted by molar-refractivity contribution is 0.0918. The summed E-state index contributed by atoms with van der Waals surface area (Å²) >= 11 is 0. The first kappa shape index (κ1) is 16.9. The molecule has 2 aromatic carbocycles. The van der Waals surface area contributed by atoms with Crippen molar-refractivity contribution >= 4 is 5.78 Å². The summed E-state index contributed by atoms with van der Waals surface area (Å²) in [7, 11) is 3.10. The second kappa shape index (κ2) is 8.22. The normalized spacial score (nSPS) is 10.2. The van der Waals surface area contributed by atoms with Gasteiger partial charge in [-0.3, -0.25) is 4.79 Å². The van der Waals surface area contributed by atoms with Gasteiger partial charge in [-0.15, -0.1) is 0 Å². The molecule has 122 valence electrons. The number of Topliss-reactive ketones (excluding diaryl/α,β-unsaturated/α-hetero) is 1. The van der Waals surface area contributed by atoms with Crippen LogP contribution in [0.5, 0.6) is 17.2 Å². The van der Waals surface area contributed by atoms with Crippen LogP contribution in [0.25, 0.3) is 0 Å². The molecule has 23 heavy (non-hydrogen) atoms. The minimum Gasteiger partial charge on any atom is -0.497 e. The van der Waals surface area contributed by atoms with Crippen molar-refractivity contribution in [3.8, 4) is 17.2 Å². The number of carbonyl (C=O) groups is 1. The highest BCUT2D eigenvalue weighted by Gasteiger charge is 2.14. The van der Waals surface area contributed by atoms with E-state index in [1.165, 1.54) is 12.7 Å². The molecule has 0 saturated carbocycles. The third kappa shape index (κ3) is 4.49. The van der Waals surface area contributed by atoms with Crippen molar-refractivity contribution in [1.29, 1.82) is 0 Å². The summed E-state index contributed by atoms with van der Waals surface area (Å²) in [4.78, 5) is 12.3. The summed E-state index contributed by atoms with van der Waals surface area (Å²) in [6, 6.07) is 12.9. The third-order valence-electron chi connectivity index (χ3n) is 3.54. The van der Waals surface area contributed by atoms with Gasteiger partial charge >= 0.3 is 0 Å². The van der Waals surface area contributed by atoms with Crippen LogP contribution >= 0.6 is 0 Å². The summed E-state index contributed by atoms with van der Waals surface area (Å²) in [6.07, 6.45) is 2.15. The van der Waals surface area contributed by atoms with Crippen LogP contribution in [0.2, 0.25) is 0 Å². The molecule has 0 spiro atoms. The molecule has 0 aliphatic heterocycles. The molecule has 0 amide bonds. The quantitative estimate of drug-likeness (QED) is 0.693. The highest BCUT2D eigenvalue weighted by Crippen LogP contribution is 2.25. The molecule has 2 aromatic rings. The van der Waals surface area contributed by atoms with Crippen molar-refractivity contribution in [1.82, 2.24) is 0 Å². The molecule has 0 aromatic heterocycles. The Hall–Kier alpha value is -2.49. The maximum absolute atomic E-state index is 12.3. The fourth-order valence-electron chi connectivity index (χ4n) is 2.30. The van der Waals surface area contributed by atoms with E-state index in [-0.39, 0.29) is 12.4 Å². The molecule has 0 saturated heterocycles. The molecule has 4 nitrogen and oxygen atoms in total. The van der Waals surface area contributed by atoms with E-state index in [0.29, 0.717) is 22.8 Å². The smallest absolute Gasteiger partial charge is 0.203 e. The Morgan fingerprint density at radius 1 is 0.957 bits per heavy atom. The van der Waals surface area contributed by atoms with E-state index in [0.717, 1.165) is 12.8 Å². The number of ketones is 1. The molecule has 4 heteroatoms. The van der Waals surface area contributed by atoms with Gasteiger partial charge in [0.1, 0.15) is 17.2 Å². The maximum atomic E-state index is 12.3. The van der Waals surface area contributed by atoms with E-state index >= 15 is 0 Å². The number of carbonyl (C=O) groups excluding carboxylic acids is 1. The standard InChI is InChI=1S/C19H22O4/c1-4-5-14-6-8-15(9-7-14)23-13-18(20)17-11-10-16(21-2)12-19(17)22-3/h6-12H,4-5,13H2,1-3H3. The highest BCUT2D eigenvalue weighted by atomic mass is 16.5. The van der Waals surface area contributed by atoms with E-state index < -0.39 is 0 Å². The highest BCUT2D eigenvalue weighted by molar-refractivity contribution is 6.00. The topological polar surface area (TPSA) is 44.8 Å². The van der Waals surface area contributed by atoms with Crippen LogP contribution in [0.4, 0.5) is 0 Å². The average molecular weight is 314 g/mol. The van der Waals surface area contributed by atoms with Gasteiger partial charge in [-0.1, -0.05) is 25.5 Å². The second-order valence-electron chi connectivity index (χ2n) is 5.17. The fourth-order valence-corrected chi connectivity index (χ4v) is 2.30. The number of rotatable bonds is 8. The molecule has 0 radical (unpaired) electrons. The Morgan fingerprint density at radius 3 is 2.26 bits per heavy atom. The van der Waals surface area contributed by atoms with Crippen LogP contribution in [0, 0.1) is 0 Å². The lowest BCUT2D eigenvalue weighted by Crippen LogP contribution is -2.12. The number of benzene rings is 2. The van der Waals surface area contributed by atoms with Crippen LogP contribution in [0.1, 0.15) is 29.3 Å². The molecular formula is C19H22O4. The van der Waals surface area contributed by atoms with Crippen molar-refractivity contribution < 1.29 is 19.0 Å². The Kier molecular flexibility index (Phi) is 6.03.